The molecule has 1 atom stereocenters. The minimum atomic E-state index is -0.940. The number of aryl methyl sites for hydroxylation is 1. The number of rotatable bonds is 6. The van der Waals surface area contributed by atoms with Crippen molar-refractivity contribution in [2.24, 2.45) is 0 Å². The topological polar surface area (TPSA) is 46.5 Å². The summed E-state index contributed by atoms with van der Waals surface area (Å²) < 4.78 is 5.94. The third kappa shape index (κ3) is 4.38. The highest BCUT2D eigenvalue weighted by molar-refractivity contribution is 5.73. The third-order valence-corrected chi connectivity index (χ3v) is 4.14. The SMILES string of the molecule is CCc1ccccc1CC(Oc1ccccc1C(C)(C)C)C(=O)O. The van der Waals surface area contributed by atoms with Crippen LogP contribution in [0.2, 0.25) is 0 Å². The van der Waals surface area contributed by atoms with Crippen molar-refractivity contribution in [3.05, 3.63) is 65.2 Å². The van der Waals surface area contributed by atoms with Gasteiger partial charge >= 0.3 is 5.97 Å². The number of carbonyl (C=O) groups is 1. The molecular formula is C21H26O3. The van der Waals surface area contributed by atoms with Gasteiger partial charge in [-0.1, -0.05) is 70.2 Å². The maximum atomic E-state index is 11.7. The van der Waals surface area contributed by atoms with Gasteiger partial charge in [-0.3, -0.25) is 0 Å². The number of ether oxygens (including phenoxy) is 1. The number of carboxylic acid groups (broad SMARTS) is 1. The Balaban J connectivity index is 2.29. The average molecular weight is 326 g/mol. The first-order valence-electron chi connectivity index (χ1n) is 8.38. The van der Waals surface area contributed by atoms with E-state index in [0.29, 0.717) is 12.2 Å². The number of benzene rings is 2. The molecule has 0 aliphatic rings. The fourth-order valence-corrected chi connectivity index (χ4v) is 2.82. The summed E-state index contributed by atoms with van der Waals surface area (Å²) in [6.45, 7) is 8.36. The summed E-state index contributed by atoms with van der Waals surface area (Å²) in [4.78, 5) is 11.7. The Labute approximate surface area is 144 Å². The summed E-state index contributed by atoms with van der Waals surface area (Å²) in [6, 6.07) is 15.6. The first kappa shape index (κ1) is 18.1. The molecule has 3 heteroatoms. The van der Waals surface area contributed by atoms with Gasteiger partial charge in [-0.05, 0) is 34.6 Å². The minimum Gasteiger partial charge on any atom is -0.478 e. The Hall–Kier alpha value is -2.29. The molecule has 0 heterocycles. The second kappa shape index (κ2) is 7.52. The van der Waals surface area contributed by atoms with Crippen molar-refractivity contribution in [2.45, 2.75) is 52.1 Å². The zero-order chi connectivity index (χ0) is 17.7. The van der Waals surface area contributed by atoms with Gasteiger partial charge in [0, 0.05) is 6.42 Å². The molecule has 0 amide bonds. The van der Waals surface area contributed by atoms with Gasteiger partial charge in [0.2, 0.25) is 0 Å². The lowest BCUT2D eigenvalue weighted by Gasteiger charge is -2.25. The van der Waals surface area contributed by atoms with Gasteiger partial charge in [0.25, 0.3) is 0 Å². The number of carboxylic acids is 1. The van der Waals surface area contributed by atoms with Crippen molar-refractivity contribution >= 4 is 5.97 Å². The van der Waals surface area contributed by atoms with Gasteiger partial charge in [-0.25, -0.2) is 4.79 Å². The minimum absolute atomic E-state index is 0.110. The van der Waals surface area contributed by atoms with Crippen LogP contribution in [0.4, 0.5) is 0 Å². The summed E-state index contributed by atoms with van der Waals surface area (Å²) in [5.74, 6) is -0.295. The Morgan fingerprint density at radius 1 is 1.04 bits per heavy atom. The van der Waals surface area contributed by atoms with Gasteiger partial charge in [-0.15, -0.1) is 0 Å². The molecule has 0 spiro atoms. The van der Waals surface area contributed by atoms with Crippen molar-refractivity contribution in [2.75, 3.05) is 0 Å². The van der Waals surface area contributed by atoms with Crippen LogP contribution in [0.5, 0.6) is 5.75 Å². The molecule has 0 saturated carbocycles. The molecule has 0 aliphatic carbocycles. The van der Waals surface area contributed by atoms with Crippen molar-refractivity contribution in [3.63, 3.8) is 0 Å². The van der Waals surface area contributed by atoms with Gasteiger partial charge in [0.1, 0.15) is 5.75 Å². The number of aliphatic carboxylic acids is 1. The van der Waals surface area contributed by atoms with Gasteiger partial charge in [0.15, 0.2) is 6.10 Å². The molecule has 3 nitrogen and oxygen atoms in total. The van der Waals surface area contributed by atoms with E-state index in [1.54, 1.807) is 0 Å². The van der Waals surface area contributed by atoms with Crippen LogP contribution < -0.4 is 4.74 Å². The molecular weight excluding hydrogens is 300 g/mol. The molecule has 1 N–H and O–H groups in total. The van der Waals surface area contributed by atoms with Crippen LogP contribution in [0.1, 0.15) is 44.4 Å². The lowest BCUT2D eigenvalue weighted by Crippen LogP contribution is -2.30. The van der Waals surface area contributed by atoms with Crippen molar-refractivity contribution in [1.82, 2.24) is 0 Å². The lowest BCUT2D eigenvalue weighted by molar-refractivity contribution is -0.145. The van der Waals surface area contributed by atoms with E-state index in [1.807, 2.05) is 48.5 Å². The van der Waals surface area contributed by atoms with E-state index >= 15 is 0 Å². The van der Waals surface area contributed by atoms with Crippen LogP contribution in [-0.2, 0) is 23.1 Å². The largest absolute Gasteiger partial charge is 0.478 e. The fourth-order valence-electron chi connectivity index (χ4n) is 2.82. The highest BCUT2D eigenvalue weighted by Gasteiger charge is 2.25. The van der Waals surface area contributed by atoms with Crippen LogP contribution in [0.3, 0.4) is 0 Å². The molecule has 0 fully saturated rings. The van der Waals surface area contributed by atoms with E-state index in [4.69, 9.17) is 4.74 Å². The summed E-state index contributed by atoms with van der Waals surface area (Å²) in [6.07, 6.45) is 0.333. The predicted octanol–water partition coefficient (Wildman–Crippen LogP) is 4.62. The van der Waals surface area contributed by atoms with E-state index in [0.717, 1.165) is 23.1 Å². The van der Waals surface area contributed by atoms with Crippen molar-refractivity contribution in [1.29, 1.82) is 0 Å². The van der Waals surface area contributed by atoms with Crippen LogP contribution in [0.15, 0.2) is 48.5 Å². The van der Waals surface area contributed by atoms with Crippen molar-refractivity contribution < 1.29 is 14.6 Å². The molecule has 0 aliphatic heterocycles. The Morgan fingerprint density at radius 2 is 1.62 bits per heavy atom. The van der Waals surface area contributed by atoms with Crippen LogP contribution >= 0.6 is 0 Å². The number of para-hydroxylation sites is 1. The predicted molar refractivity (Wildman–Crippen MR) is 96.7 cm³/mol. The third-order valence-electron chi connectivity index (χ3n) is 4.14. The van der Waals surface area contributed by atoms with Gasteiger partial charge in [0.05, 0.1) is 0 Å². The fraction of sp³-hybridized carbons (Fsp3) is 0.381. The second-order valence-corrected chi connectivity index (χ2v) is 7.02. The molecule has 2 aromatic carbocycles. The van der Waals surface area contributed by atoms with Gasteiger partial charge < -0.3 is 9.84 Å². The summed E-state index contributed by atoms with van der Waals surface area (Å²) in [5, 5.41) is 9.63. The Bertz CT molecular complexity index is 698. The molecule has 2 aromatic rings. The molecule has 0 aromatic heterocycles. The van der Waals surface area contributed by atoms with E-state index < -0.39 is 12.1 Å². The smallest absolute Gasteiger partial charge is 0.345 e. The zero-order valence-electron chi connectivity index (χ0n) is 14.9. The van der Waals surface area contributed by atoms with E-state index in [-0.39, 0.29) is 5.41 Å². The highest BCUT2D eigenvalue weighted by Crippen LogP contribution is 2.32. The van der Waals surface area contributed by atoms with E-state index in [1.165, 1.54) is 0 Å². The number of hydrogen-bond acceptors (Lipinski definition) is 2. The molecule has 2 rings (SSSR count). The first-order chi connectivity index (χ1) is 11.3. The molecule has 24 heavy (non-hydrogen) atoms. The molecule has 128 valence electrons. The quantitative estimate of drug-likeness (QED) is 0.842. The highest BCUT2D eigenvalue weighted by atomic mass is 16.5. The van der Waals surface area contributed by atoms with Gasteiger partial charge in [-0.2, -0.15) is 0 Å². The summed E-state index contributed by atoms with van der Waals surface area (Å²) >= 11 is 0. The average Bonchev–Trinajstić information content (AvgIpc) is 2.54. The molecule has 0 bridgehead atoms. The Morgan fingerprint density at radius 3 is 2.21 bits per heavy atom. The maximum Gasteiger partial charge on any atom is 0.345 e. The zero-order valence-corrected chi connectivity index (χ0v) is 14.9. The van der Waals surface area contributed by atoms with Crippen LogP contribution in [0.25, 0.3) is 0 Å². The lowest BCUT2D eigenvalue weighted by atomic mass is 9.86. The monoisotopic (exact) mass is 326 g/mol. The maximum absolute atomic E-state index is 11.7. The van der Waals surface area contributed by atoms with Crippen molar-refractivity contribution in [3.8, 4) is 5.75 Å². The van der Waals surface area contributed by atoms with Crippen LogP contribution in [-0.4, -0.2) is 17.2 Å². The van der Waals surface area contributed by atoms with Crippen LogP contribution in [0, 0.1) is 0 Å². The summed E-state index contributed by atoms with van der Waals surface area (Å²) in [5.41, 5.74) is 3.10. The molecule has 1 unspecified atom stereocenters. The van der Waals surface area contributed by atoms with E-state index in [9.17, 15) is 9.90 Å². The normalized spacial score (nSPS) is 12.7. The number of hydrogen-bond donors (Lipinski definition) is 1. The second-order valence-electron chi connectivity index (χ2n) is 7.02. The molecule has 0 saturated heterocycles. The summed E-state index contributed by atoms with van der Waals surface area (Å²) in [7, 11) is 0. The Kier molecular flexibility index (Phi) is 5.66. The first-order valence-corrected chi connectivity index (χ1v) is 8.38. The molecule has 0 radical (unpaired) electrons. The standard InChI is InChI=1S/C21H26O3/c1-5-15-10-6-7-11-16(15)14-19(20(22)23)24-18-13-9-8-12-17(18)21(2,3)4/h6-13,19H,5,14H2,1-4H3,(H,22,23). The van der Waals surface area contributed by atoms with E-state index in [2.05, 4.69) is 27.7 Å².